The summed E-state index contributed by atoms with van der Waals surface area (Å²) in [6, 6.07) is 10.6. The summed E-state index contributed by atoms with van der Waals surface area (Å²) in [6.45, 7) is 0.557. The van der Waals surface area contributed by atoms with Crippen molar-refractivity contribution in [3.63, 3.8) is 0 Å². The van der Waals surface area contributed by atoms with E-state index in [4.69, 9.17) is 34.7 Å². The summed E-state index contributed by atoms with van der Waals surface area (Å²) >= 11 is 12.1. The molecule has 0 radical (unpaired) electrons. The van der Waals surface area contributed by atoms with Gasteiger partial charge in [0.05, 0.1) is 16.3 Å². The highest BCUT2D eigenvalue weighted by Gasteiger charge is 2.17. The van der Waals surface area contributed by atoms with Crippen molar-refractivity contribution in [3.05, 3.63) is 57.6 Å². The number of halogens is 2. The summed E-state index contributed by atoms with van der Waals surface area (Å²) < 4.78 is 0. The summed E-state index contributed by atoms with van der Waals surface area (Å²) in [6.07, 6.45) is 0. The Bertz CT molecular complexity index is 671. The molecule has 0 aliphatic rings. The first-order valence-electron chi connectivity index (χ1n) is 6.23. The van der Waals surface area contributed by atoms with E-state index < -0.39 is 5.91 Å². The topological polar surface area (TPSA) is 72.3 Å². The first-order chi connectivity index (χ1) is 9.88. The number of rotatable bonds is 4. The lowest BCUT2D eigenvalue weighted by atomic mass is 10.1. The number of hydrogen-bond acceptors (Lipinski definition) is 3. The smallest absolute Gasteiger partial charge is 0.250 e. The quantitative estimate of drug-likeness (QED) is 0.848. The van der Waals surface area contributed by atoms with E-state index in [-0.39, 0.29) is 0 Å². The fourth-order valence-electron chi connectivity index (χ4n) is 2.14. The van der Waals surface area contributed by atoms with Crippen LogP contribution in [0.1, 0.15) is 15.9 Å². The summed E-state index contributed by atoms with van der Waals surface area (Å²) in [5.74, 6) is -0.567. The SMILES string of the molecule is CN(Cc1ccc(Cl)cc1)c1c(Cl)cc(N)cc1C(N)=O. The van der Waals surface area contributed by atoms with E-state index in [9.17, 15) is 4.79 Å². The number of carbonyl (C=O) groups excluding carboxylic acids is 1. The molecule has 6 heteroatoms. The highest BCUT2D eigenvalue weighted by molar-refractivity contribution is 6.34. The van der Waals surface area contributed by atoms with Gasteiger partial charge in [0, 0.05) is 24.3 Å². The molecule has 0 unspecified atom stereocenters. The van der Waals surface area contributed by atoms with Gasteiger partial charge < -0.3 is 16.4 Å². The average Bonchev–Trinajstić information content (AvgIpc) is 2.40. The van der Waals surface area contributed by atoms with Crippen LogP contribution in [0.2, 0.25) is 10.0 Å². The van der Waals surface area contributed by atoms with Crippen molar-refractivity contribution in [1.29, 1.82) is 0 Å². The maximum Gasteiger partial charge on any atom is 0.250 e. The van der Waals surface area contributed by atoms with Crippen molar-refractivity contribution in [2.45, 2.75) is 6.54 Å². The normalized spacial score (nSPS) is 10.4. The molecule has 4 N–H and O–H groups in total. The van der Waals surface area contributed by atoms with E-state index in [0.29, 0.717) is 33.5 Å². The maximum absolute atomic E-state index is 11.6. The summed E-state index contributed by atoms with van der Waals surface area (Å²) in [7, 11) is 1.83. The molecule has 0 aliphatic carbocycles. The van der Waals surface area contributed by atoms with Crippen LogP contribution in [0.5, 0.6) is 0 Å². The Morgan fingerprint density at radius 3 is 2.38 bits per heavy atom. The van der Waals surface area contributed by atoms with Gasteiger partial charge in [0.15, 0.2) is 0 Å². The van der Waals surface area contributed by atoms with Crippen LogP contribution in [-0.2, 0) is 6.54 Å². The van der Waals surface area contributed by atoms with Crippen molar-refractivity contribution in [3.8, 4) is 0 Å². The molecule has 0 saturated carbocycles. The van der Waals surface area contributed by atoms with Crippen molar-refractivity contribution < 1.29 is 4.79 Å². The minimum absolute atomic E-state index is 0.302. The predicted molar refractivity (Wildman–Crippen MR) is 87.9 cm³/mol. The number of amides is 1. The van der Waals surface area contributed by atoms with Crippen LogP contribution >= 0.6 is 23.2 Å². The summed E-state index contributed by atoms with van der Waals surface area (Å²) in [4.78, 5) is 13.4. The highest BCUT2D eigenvalue weighted by atomic mass is 35.5. The minimum Gasteiger partial charge on any atom is -0.399 e. The van der Waals surface area contributed by atoms with Crippen LogP contribution in [0.4, 0.5) is 11.4 Å². The Labute approximate surface area is 133 Å². The van der Waals surface area contributed by atoms with Crippen molar-refractivity contribution in [1.82, 2.24) is 0 Å². The molecule has 0 aromatic heterocycles. The summed E-state index contributed by atoms with van der Waals surface area (Å²) in [5, 5.41) is 1.06. The van der Waals surface area contributed by atoms with Gasteiger partial charge in [-0.25, -0.2) is 0 Å². The molecule has 110 valence electrons. The molecule has 2 rings (SSSR count). The molecule has 0 bridgehead atoms. The van der Waals surface area contributed by atoms with Crippen molar-refractivity contribution in [2.24, 2.45) is 5.73 Å². The summed E-state index contributed by atoms with van der Waals surface area (Å²) in [5.41, 5.74) is 13.4. The van der Waals surface area contributed by atoms with E-state index in [1.165, 1.54) is 6.07 Å². The van der Waals surface area contributed by atoms with Crippen LogP contribution in [0.25, 0.3) is 0 Å². The van der Waals surface area contributed by atoms with Gasteiger partial charge in [-0.15, -0.1) is 0 Å². The number of nitrogen functional groups attached to an aromatic ring is 1. The fourth-order valence-corrected chi connectivity index (χ4v) is 2.64. The van der Waals surface area contributed by atoms with Crippen molar-refractivity contribution >= 4 is 40.5 Å². The Balaban J connectivity index is 2.36. The van der Waals surface area contributed by atoms with Gasteiger partial charge in [-0.2, -0.15) is 0 Å². The largest absolute Gasteiger partial charge is 0.399 e. The lowest BCUT2D eigenvalue weighted by Gasteiger charge is -2.23. The number of nitrogens with two attached hydrogens (primary N) is 2. The second-order valence-electron chi connectivity index (χ2n) is 4.75. The van der Waals surface area contributed by atoms with E-state index in [1.807, 2.05) is 36.2 Å². The van der Waals surface area contributed by atoms with Gasteiger partial charge in [-0.3, -0.25) is 4.79 Å². The van der Waals surface area contributed by atoms with Crippen molar-refractivity contribution in [2.75, 3.05) is 17.7 Å². The molecule has 2 aromatic rings. The molecule has 2 aromatic carbocycles. The van der Waals surface area contributed by atoms with E-state index in [0.717, 1.165) is 5.56 Å². The van der Waals surface area contributed by atoms with Crippen LogP contribution < -0.4 is 16.4 Å². The Hall–Kier alpha value is -1.91. The van der Waals surface area contributed by atoms with Crippen LogP contribution in [-0.4, -0.2) is 13.0 Å². The molecule has 21 heavy (non-hydrogen) atoms. The lowest BCUT2D eigenvalue weighted by Crippen LogP contribution is -2.22. The number of nitrogens with zero attached hydrogens (tertiary/aromatic N) is 1. The molecule has 0 atom stereocenters. The Kier molecular flexibility index (Phi) is 4.60. The second kappa shape index (κ2) is 6.24. The average molecular weight is 324 g/mol. The van der Waals surface area contributed by atoms with Gasteiger partial charge in [0.2, 0.25) is 0 Å². The Morgan fingerprint density at radius 1 is 1.19 bits per heavy atom. The van der Waals surface area contributed by atoms with E-state index >= 15 is 0 Å². The molecular formula is C15H15Cl2N3O. The molecule has 0 fully saturated rings. The third kappa shape index (κ3) is 3.60. The molecule has 0 aliphatic heterocycles. The second-order valence-corrected chi connectivity index (χ2v) is 5.59. The first-order valence-corrected chi connectivity index (χ1v) is 6.98. The zero-order valence-electron chi connectivity index (χ0n) is 11.4. The van der Waals surface area contributed by atoms with Gasteiger partial charge >= 0.3 is 0 Å². The van der Waals surface area contributed by atoms with Gasteiger partial charge in [0.1, 0.15) is 0 Å². The molecule has 0 heterocycles. The number of anilines is 2. The number of carbonyl (C=O) groups is 1. The number of primary amides is 1. The van der Waals surface area contributed by atoms with Crippen LogP contribution in [0.3, 0.4) is 0 Å². The van der Waals surface area contributed by atoms with Crippen LogP contribution in [0, 0.1) is 0 Å². The third-order valence-corrected chi connectivity index (χ3v) is 3.61. The molecule has 1 amide bonds. The van der Waals surface area contributed by atoms with Gasteiger partial charge in [-0.1, -0.05) is 35.3 Å². The third-order valence-electron chi connectivity index (χ3n) is 3.07. The maximum atomic E-state index is 11.6. The van der Waals surface area contributed by atoms with E-state index in [2.05, 4.69) is 0 Å². The Morgan fingerprint density at radius 2 is 1.81 bits per heavy atom. The molecule has 0 saturated heterocycles. The zero-order chi connectivity index (χ0) is 15.6. The minimum atomic E-state index is -0.567. The van der Waals surface area contributed by atoms with Crippen LogP contribution in [0.15, 0.2) is 36.4 Å². The predicted octanol–water partition coefficient (Wildman–Crippen LogP) is 3.31. The monoisotopic (exact) mass is 323 g/mol. The molecular weight excluding hydrogens is 309 g/mol. The number of hydrogen-bond donors (Lipinski definition) is 2. The van der Waals surface area contributed by atoms with Gasteiger partial charge in [0.25, 0.3) is 5.91 Å². The molecule has 0 spiro atoms. The lowest BCUT2D eigenvalue weighted by molar-refractivity contribution is 0.100. The van der Waals surface area contributed by atoms with Gasteiger partial charge in [-0.05, 0) is 29.8 Å². The fraction of sp³-hybridized carbons (Fsp3) is 0.133. The number of benzene rings is 2. The standard InChI is InChI=1S/C15H15Cl2N3O/c1-20(8-9-2-4-10(16)5-3-9)14-12(15(19)21)6-11(18)7-13(14)17/h2-7H,8,18H2,1H3,(H2,19,21). The first kappa shape index (κ1) is 15.5. The van der Waals surface area contributed by atoms with E-state index in [1.54, 1.807) is 6.07 Å². The molecule has 4 nitrogen and oxygen atoms in total. The zero-order valence-corrected chi connectivity index (χ0v) is 12.9. The highest BCUT2D eigenvalue weighted by Crippen LogP contribution is 2.32.